The highest BCUT2D eigenvalue weighted by atomic mass is 16.2. The largest absolute Gasteiger partial charge is 0.357 e. The molecule has 2 aliphatic heterocycles. The van der Waals surface area contributed by atoms with Crippen LogP contribution in [-0.4, -0.2) is 52.6 Å². The Hall–Kier alpha value is -3.48. The van der Waals surface area contributed by atoms with Crippen LogP contribution in [-0.2, 0) is 14.4 Å². The van der Waals surface area contributed by atoms with Crippen molar-refractivity contribution in [2.24, 2.45) is 0 Å². The fourth-order valence-corrected chi connectivity index (χ4v) is 3.61. The predicted molar refractivity (Wildman–Crippen MR) is 104 cm³/mol. The Morgan fingerprint density at radius 2 is 1.89 bits per heavy atom. The fourth-order valence-electron chi connectivity index (χ4n) is 3.61. The monoisotopic (exact) mass is 376 g/mol. The highest BCUT2D eigenvalue weighted by molar-refractivity contribution is 6.19. The molecular formula is C21H20N4O3. The maximum absolute atomic E-state index is 12.5. The summed E-state index contributed by atoms with van der Waals surface area (Å²) in [6.45, 7) is 0.620. The van der Waals surface area contributed by atoms with Crippen LogP contribution in [0, 0.1) is 0 Å². The van der Waals surface area contributed by atoms with E-state index in [4.69, 9.17) is 0 Å². The summed E-state index contributed by atoms with van der Waals surface area (Å²) < 4.78 is 0. The molecule has 4 rings (SSSR count). The second kappa shape index (κ2) is 7.26. The molecule has 0 bridgehead atoms. The molecule has 0 atom stereocenters. The Morgan fingerprint density at radius 1 is 1.11 bits per heavy atom. The third kappa shape index (κ3) is 3.26. The van der Waals surface area contributed by atoms with Gasteiger partial charge in [-0.25, -0.2) is 0 Å². The molecule has 28 heavy (non-hydrogen) atoms. The zero-order valence-electron chi connectivity index (χ0n) is 15.5. The number of nitrogens with one attached hydrogen (secondary N) is 1. The van der Waals surface area contributed by atoms with E-state index >= 15 is 0 Å². The number of rotatable bonds is 4. The van der Waals surface area contributed by atoms with E-state index in [0.717, 1.165) is 22.4 Å². The zero-order valence-corrected chi connectivity index (χ0v) is 15.5. The molecule has 3 heterocycles. The SMILES string of the molecule is CN1C(=O)C2=C(C1=O)N(CC(=O)Nc1ccc(-c3cccnc3)cc1)CCC2. The smallest absolute Gasteiger partial charge is 0.277 e. The molecule has 2 aliphatic rings. The van der Waals surface area contributed by atoms with Crippen LogP contribution in [0.4, 0.5) is 5.69 Å². The lowest BCUT2D eigenvalue weighted by Gasteiger charge is -2.28. The minimum atomic E-state index is -0.326. The summed E-state index contributed by atoms with van der Waals surface area (Å²) in [5, 5.41) is 2.86. The third-order valence-electron chi connectivity index (χ3n) is 5.02. The molecule has 1 N–H and O–H groups in total. The lowest BCUT2D eigenvalue weighted by molar-refractivity contribution is -0.136. The van der Waals surface area contributed by atoms with Crippen LogP contribution in [0.1, 0.15) is 12.8 Å². The number of benzene rings is 1. The van der Waals surface area contributed by atoms with E-state index in [1.807, 2.05) is 36.4 Å². The number of hydrogen-bond donors (Lipinski definition) is 1. The van der Waals surface area contributed by atoms with E-state index in [2.05, 4.69) is 10.3 Å². The zero-order chi connectivity index (χ0) is 19.7. The molecule has 0 aliphatic carbocycles. The molecule has 0 saturated heterocycles. The van der Waals surface area contributed by atoms with Crippen LogP contribution in [0.3, 0.4) is 0 Å². The average Bonchev–Trinajstić information content (AvgIpc) is 2.94. The van der Waals surface area contributed by atoms with E-state index in [1.165, 1.54) is 7.05 Å². The Labute approximate surface area is 162 Å². The summed E-state index contributed by atoms with van der Waals surface area (Å²) in [5.41, 5.74) is 3.58. The van der Waals surface area contributed by atoms with Crippen LogP contribution in [0.25, 0.3) is 11.1 Å². The second-order valence-electron chi connectivity index (χ2n) is 6.89. The molecule has 1 aromatic heterocycles. The van der Waals surface area contributed by atoms with E-state index in [9.17, 15) is 14.4 Å². The highest BCUT2D eigenvalue weighted by Gasteiger charge is 2.40. The number of carbonyl (C=O) groups is 3. The van der Waals surface area contributed by atoms with Gasteiger partial charge >= 0.3 is 0 Å². The van der Waals surface area contributed by atoms with Crippen LogP contribution >= 0.6 is 0 Å². The van der Waals surface area contributed by atoms with Gasteiger partial charge in [0, 0.05) is 37.2 Å². The summed E-state index contributed by atoms with van der Waals surface area (Å²) in [6, 6.07) is 11.3. The Bertz CT molecular complexity index is 967. The number of anilines is 1. The van der Waals surface area contributed by atoms with E-state index < -0.39 is 0 Å². The number of likely N-dealkylation sites (N-methyl/N-ethyl adjacent to an activating group) is 1. The van der Waals surface area contributed by atoms with Gasteiger partial charge in [-0.3, -0.25) is 24.3 Å². The van der Waals surface area contributed by atoms with E-state index in [0.29, 0.717) is 29.9 Å². The van der Waals surface area contributed by atoms with E-state index in [-0.39, 0.29) is 24.3 Å². The third-order valence-corrected chi connectivity index (χ3v) is 5.02. The summed E-state index contributed by atoms with van der Waals surface area (Å²) >= 11 is 0. The summed E-state index contributed by atoms with van der Waals surface area (Å²) in [7, 11) is 1.48. The number of imide groups is 1. The van der Waals surface area contributed by atoms with Crippen molar-refractivity contribution in [1.82, 2.24) is 14.8 Å². The Morgan fingerprint density at radius 3 is 2.61 bits per heavy atom. The number of amides is 3. The van der Waals surface area contributed by atoms with Crippen molar-refractivity contribution in [3.05, 3.63) is 60.1 Å². The number of nitrogens with zero attached hydrogens (tertiary/aromatic N) is 3. The minimum absolute atomic E-state index is 0.0377. The second-order valence-corrected chi connectivity index (χ2v) is 6.89. The van der Waals surface area contributed by atoms with Gasteiger partial charge in [-0.05, 0) is 42.2 Å². The van der Waals surface area contributed by atoms with Gasteiger partial charge in [0.05, 0.1) is 6.54 Å². The summed E-state index contributed by atoms with van der Waals surface area (Å²) in [5.74, 6) is -0.804. The van der Waals surface area contributed by atoms with Crippen molar-refractivity contribution in [3.63, 3.8) is 0 Å². The van der Waals surface area contributed by atoms with Crippen molar-refractivity contribution in [1.29, 1.82) is 0 Å². The lowest BCUT2D eigenvalue weighted by Crippen LogP contribution is -2.38. The molecule has 142 valence electrons. The average molecular weight is 376 g/mol. The standard InChI is InChI=1S/C21H20N4O3/c1-24-20(27)17-5-3-11-25(19(17)21(24)28)13-18(26)23-16-8-6-14(7-9-16)15-4-2-10-22-12-15/h2,4,6-10,12H,3,5,11,13H2,1H3,(H,23,26). The lowest BCUT2D eigenvalue weighted by atomic mass is 10.0. The molecule has 7 heteroatoms. The van der Waals surface area contributed by atoms with Gasteiger partial charge in [0.25, 0.3) is 11.8 Å². The maximum Gasteiger partial charge on any atom is 0.277 e. The molecule has 0 saturated carbocycles. The highest BCUT2D eigenvalue weighted by Crippen LogP contribution is 2.30. The quantitative estimate of drug-likeness (QED) is 0.826. The van der Waals surface area contributed by atoms with Crippen LogP contribution in [0.5, 0.6) is 0 Å². The van der Waals surface area contributed by atoms with Crippen molar-refractivity contribution < 1.29 is 14.4 Å². The maximum atomic E-state index is 12.5. The van der Waals surface area contributed by atoms with Gasteiger partial charge in [0.2, 0.25) is 5.91 Å². The number of hydrogen-bond acceptors (Lipinski definition) is 5. The number of aromatic nitrogens is 1. The molecule has 0 unspecified atom stereocenters. The van der Waals surface area contributed by atoms with Crippen molar-refractivity contribution >= 4 is 23.4 Å². The molecule has 0 spiro atoms. The molecular weight excluding hydrogens is 356 g/mol. The molecule has 1 aromatic carbocycles. The van der Waals surface area contributed by atoms with E-state index in [1.54, 1.807) is 17.3 Å². The van der Waals surface area contributed by atoms with Crippen LogP contribution in [0.15, 0.2) is 60.1 Å². The number of pyridine rings is 1. The van der Waals surface area contributed by atoms with Gasteiger partial charge in [-0.1, -0.05) is 18.2 Å². The van der Waals surface area contributed by atoms with Gasteiger partial charge in [-0.2, -0.15) is 0 Å². The predicted octanol–water partition coefficient (Wildman–Crippen LogP) is 2.04. The van der Waals surface area contributed by atoms with Gasteiger partial charge in [0.15, 0.2) is 0 Å². The minimum Gasteiger partial charge on any atom is -0.357 e. The first-order valence-electron chi connectivity index (χ1n) is 9.15. The molecule has 3 amide bonds. The van der Waals surface area contributed by atoms with Crippen molar-refractivity contribution in [3.8, 4) is 11.1 Å². The molecule has 0 fully saturated rings. The fraction of sp³-hybridized carbons (Fsp3) is 0.238. The van der Waals surface area contributed by atoms with Gasteiger partial charge < -0.3 is 10.2 Å². The van der Waals surface area contributed by atoms with Gasteiger partial charge in [0.1, 0.15) is 5.70 Å². The Balaban J connectivity index is 1.43. The first-order valence-corrected chi connectivity index (χ1v) is 9.15. The molecule has 2 aromatic rings. The first kappa shape index (κ1) is 17.9. The van der Waals surface area contributed by atoms with Crippen molar-refractivity contribution in [2.75, 3.05) is 25.5 Å². The Kier molecular flexibility index (Phi) is 4.65. The first-order chi connectivity index (χ1) is 13.5. The van der Waals surface area contributed by atoms with Crippen LogP contribution in [0.2, 0.25) is 0 Å². The van der Waals surface area contributed by atoms with Crippen molar-refractivity contribution in [2.45, 2.75) is 12.8 Å². The van der Waals surface area contributed by atoms with Gasteiger partial charge in [-0.15, -0.1) is 0 Å². The summed E-state index contributed by atoms with van der Waals surface area (Å²) in [6.07, 6.45) is 4.84. The molecule has 7 nitrogen and oxygen atoms in total. The summed E-state index contributed by atoms with van der Waals surface area (Å²) in [4.78, 5) is 43.9. The topological polar surface area (TPSA) is 82.6 Å². The number of carbonyl (C=O) groups excluding carboxylic acids is 3. The normalized spacial score (nSPS) is 16.5. The molecule has 0 radical (unpaired) electrons. The van der Waals surface area contributed by atoms with Crippen LogP contribution < -0.4 is 5.32 Å².